The first-order valence-corrected chi connectivity index (χ1v) is 8.51. The van der Waals surface area contributed by atoms with E-state index in [1.807, 2.05) is 0 Å². The SMILES string of the molecule is CCCNC(=NC)NCc1ccc(C)cc1OCC1CCCO1.I. The highest BCUT2D eigenvalue weighted by molar-refractivity contribution is 14.0. The molecule has 0 saturated carbocycles. The average Bonchev–Trinajstić information content (AvgIpc) is 3.08. The molecule has 0 spiro atoms. The van der Waals surface area contributed by atoms with E-state index >= 15 is 0 Å². The van der Waals surface area contributed by atoms with Crippen molar-refractivity contribution in [2.45, 2.75) is 45.8 Å². The third-order valence-electron chi connectivity index (χ3n) is 3.88. The second-order valence-electron chi connectivity index (χ2n) is 5.91. The molecule has 0 aliphatic carbocycles. The number of rotatable bonds is 7. The highest BCUT2D eigenvalue weighted by atomic mass is 127. The minimum Gasteiger partial charge on any atom is -0.491 e. The summed E-state index contributed by atoms with van der Waals surface area (Å²) in [4.78, 5) is 4.23. The van der Waals surface area contributed by atoms with E-state index in [2.05, 4.69) is 47.7 Å². The van der Waals surface area contributed by atoms with Gasteiger partial charge in [-0.3, -0.25) is 4.99 Å². The summed E-state index contributed by atoms with van der Waals surface area (Å²) in [5, 5.41) is 6.61. The third kappa shape index (κ3) is 6.84. The van der Waals surface area contributed by atoms with E-state index in [0.717, 1.165) is 49.7 Å². The van der Waals surface area contributed by atoms with E-state index in [9.17, 15) is 0 Å². The number of hydrogen-bond donors (Lipinski definition) is 2. The molecule has 0 bridgehead atoms. The standard InChI is InChI=1S/C18H29N3O2.HI/c1-4-9-20-18(19-3)21-12-15-8-7-14(2)11-17(15)23-13-16-6-5-10-22-16;/h7-8,11,16H,4-6,9-10,12-13H2,1-3H3,(H2,19,20,21);1H. The molecule has 2 N–H and O–H groups in total. The summed E-state index contributed by atoms with van der Waals surface area (Å²) in [6, 6.07) is 6.31. The summed E-state index contributed by atoms with van der Waals surface area (Å²) < 4.78 is 11.7. The lowest BCUT2D eigenvalue weighted by atomic mass is 10.1. The summed E-state index contributed by atoms with van der Waals surface area (Å²) >= 11 is 0. The summed E-state index contributed by atoms with van der Waals surface area (Å²) in [5.74, 6) is 1.75. The van der Waals surface area contributed by atoms with Crippen molar-refractivity contribution in [3.63, 3.8) is 0 Å². The zero-order valence-electron chi connectivity index (χ0n) is 14.9. The lowest BCUT2D eigenvalue weighted by Crippen LogP contribution is -2.37. The van der Waals surface area contributed by atoms with Crippen LogP contribution in [0.25, 0.3) is 0 Å². The molecule has 2 rings (SSSR count). The summed E-state index contributed by atoms with van der Waals surface area (Å²) in [6.45, 7) is 7.30. The zero-order chi connectivity index (χ0) is 16.5. The van der Waals surface area contributed by atoms with Gasteiger partial charge in [0.05, 0.1) is 6.10 Å². The number of nitrogens with zero attached hydrogens (tertiary/aromatic N) is 1. The molecular weight excluding hydrogens is 417 g/mol. The van der Waals surface area contributed by atoms with Gasteiger partial charge in [-0.25, -0.2) is 0 Å². The van der Waals surface area contributed by atoms with E-state index in [0.29, 0.717) is 13.2 Å². The van der Waals surface area contributed by atoms with Crippen molar-refractivity contribution in [3.05, 3.63) is 29.3 Å². The average molecular weight is 447 g/mol. The quantitative estimate of drug-likeness (QED) is 0.383. The maximum absolute atomic E-state index is 6.02. The van der Waals surface area contributed by atoms with Crippen LogP contribution in [-0.2, 0) is 11.3 Å². The van der Waals surface area contributed by atoms with Crippen molar-refractivity contribution in [3.8, 4) is 5.75 Å². The van der Waals surface area contributed by atoms with E-state index in [1.54, 1.807) is 7.05 Å². The molecule has 1 aromatic carbocycles. The molecule has 1 unspecified atom stereocenters. The normalized spacial score (nSPS) is 17.3. The number of ether oxygens (including phenoxy) is 2. The second kappa shape index (κ2) is 11.5. The van der Waals surface area contributed by atoms with Gasteiger partial charge in [0, 0.05) is 32.3 Å². The lowest BCUT2D eigenvalue weighted by Gasteiger charge is -2.17. The van der Waals surface area contributed by atoms with Crippen molar-refractivity contribution in [1.82, 2.24) is 10.6 Å². The van der Waals surface area contributed by atoms with Gasteiger partial charge in [-0.15, -0.1) is 24.0 Å². The monoisotopic (exact) mass is 447 g/mol. The van der Waals surface area contributed by atoms with Crippen LogP contribution in [0.1, 0.15) is 37.3 Å². The van der Waals surface area contributed by atoms with Gasteiger partial charge >= 0.3 is 0 Å². The molecule has 5 nitrogen and oxygen atoms in total. The first kappa shape index (κ1) is 21.0. The molecule has 0 aromatic heterocycles. The number of aryl methyl sites for hydroxylation is 1. The molecule has 136 valence electrons. The summed E-state index contributed by atoms with van der Waals surface area (Å²) in [7, 11) is 1.79. The highest BCUT2D eigenvalue weighted by Crippen LogP contribution is 2.22. The van der Waals surface area contributed by atoms with Crippen LogP contribution in [0.15, 0.2) is 23.2 Å². The maximum atomic E-state index is 6.02. The second-order valence-corrected chi connectivity index (χ2v) is 5.91. The van der Waals surface area contributed by atoms with Gasteiger partial charge in [0.2, 0.25) is 0 Å². The molecule has 6 heteroatoms. The maximum Gasteiger partial charge on any atom is 0.191 e. The fraction of sp³-hybridized carbons (Fsp3) is 0.611. The van der Waals surface area contributed by atoms with Crippen LogP contribution in [0.2, 0.25) is 0 Å². The molecule has 1 aliphatic rings. The van der Waals surface area contributed by atoms with Gasteiger partial charge in [0.1, 0.15) is 12.4 Å². The fourth-order valence-electron chi connectivity index (χ4n) is 2.54. The Morgan fingerprint density at radius 2 is 2.21 bits per heavy atom. The Hall–Kier alpha value is -1.02. The van der Waals surface area contributed by atoms with Crippen LogP contribution in [-0.4, -0.2) is 38.9 Å². The van der Waals surface area contributed by atoms with Crippen LogP contribution in [0.3, 0.4) is 0 Å². The Balaban J connectivity index is 0.00000288. The molecule has 1 fully saturated rings. The van der Waals surface area contributed by atoms with Crippen molar-refractivity contribution in [2.75, 3.05) is 26.8 Å². The van der Waals surface area contributed by atoms with E-state index in [4.69, 9.17) is 9.47 Å². The first-order valence-electron chi connectivity index (χ1n) is 8.51. The molecule has 24 heavy (non-hydrogen) atoms. The van der Waals surface area contributed by atoms with Crippen LogP contribution in [0.5, 0.6) is 5.75 Å². The van der Waals surface area contributed by atoms with E-state index in [-0.39, 0.29) is 30.1 Å². The van der Waals surface area contributed by atoms with Crippen molar-refractivity contribution < 1.29 is 9.47 Å². The lowest BCUT2D eigenvalue weighted by molar-refractivity contribution is 0.0676. The van der Waals surface area contributed by atoms with Gasteiger partial charge < -0.3 is 20.1 Å². The number of aliphatic imine (C=N–C) groups is 1. The van der Waals surface area contributed by atoms with Crippen LogP contribution in [0.4, 0.5) is 0 Å². The Labute approximate surface area is 162 Å². The van der Waals surface area contributed by atoms with Crippen molar-refractivity contribution in [1.29, 1.82) is 0 Å². The number of hydrogen-bond acceptors (Lipinski definition) is 3. The third-order valence-corrected chi connectivity index (χ3v) is 3.88. The molecule has 1 atom stereocenters. The molecular formula is C18H30IN3O2. The Morgan fingerprint density at radius 3 is 2.88 bits per heavy atom. The number of benzene rings is 1. The molecule has 1 aromatic rings. The largest absolute Gasteiger partial charge is 0.491 e. The number of halogens is 1. The fourth-order valence-corrected chi connectivity index (χ4v) is 2.54. The molecule has 0 radical (unpaired) electrons. The van der Waals surface area contributed by atoms with Crippen molar-refractivity contribution >= 4 is 29.9 Å². The van der Waals surface area contributed by atoms with Crippen LogP contribution >= 0.6 is 24.0 Å². The zero-order valence-corrected chi connectivity index (χ0v) is 17.3. The minimum atomic E-state index is 0. The molecule has 1 heterocycles. The predicted octanol–water partition coefficient (Wildman–Crippen LogP) is 3.25. The minimum absolute atomic E-state index is 0. The molecule has 1 aliphatic heterocycles. The summed E-state index contributed by atoms with van der Waals surface area (Å²) in [6.07, 6.45) is 3.53. The van der Waals surface area contributed by atoms with Gasteiger partial charge in [-0.2, -0.15) is 0 Å². The first-order chi connectivity index (χ1) is 11.2. The van der Waals surface area contributed by atoms with Crippen LogP contribution in [0, 0.1) is 6.92 Å². The molecule has 1 saturated heterocycles. The Bertz CT molecular complexity index is 517. The van der Waals surface area contributed by atoms with Gasteiger partial charge in [-0.1, -0.05) is 19.1 Å². The van der Waals surface area contributed by atoms with Crippen LogP contribution < -0.4 is 15.4 Å². The smallest absolute Gasteiger partial charge is 0.191 e. The Kier molecular flexibility index (Phi) is 10.1. The van der Waals surface area contributed by atoms with Gasteiger partial charge in [0.15, 0.2) is 5.96 Å². The highest BCUT2D eigenvalue weighted by Gasteiger charge is 2.17. The number of guanidine groups is 1. The van der Waals surface area contributed by atoms with E-state index in [1.165, 1.54) is 5.56 Å². The Morgan fingerprint density at radius 1 is 1.38 bits per heavy atom. The number of nitrogens with one attached hydrogen (secondary N) is 2. The van der Waals surface area contributed by atoms with Crippen molar-refractivity contribution in [2.24, 2.45) is 4.99 Å². The molecule has 0 amide bonds. The van der Waals surface area contributed by atoms with Gasteiger partial charge in [0.25, 0.3) is 0 Å². The van der Waals surface area contributed by atoms with Gasteiger partial charge in [-0.05, 0) is 37.8 Å². The predicted molar refractivity (Wildman–Crippen MR) is 110 cm³/mol. The van der Waals surface area contributed by atoms with E-state index < -0.39 is 0 Å². The topological polar surface area (TPSA) is 54.9 Å². The summed E-state index contributed by atoms with van der Waals surface area (Å²) in [5.41, 5.74) is 2.33.